The Morgan fingerprint density at radius 2 is 1.73 bits per heavy atom. The molecule has 0 aliphatic carbocycles. The van der Waals surface area contributed by atoms with Crippen molar-refractivity contribution < 1.29 is 9.59 Å². The minimum absolute atomic E-state index is 0.0358. The van der Waals surface area contributed by atoms with Crippen molar-refractivity contribution in [1.29, 1.82) is 0 Å². The van der Waals surface area contributed by atoms with E-state index in [2.05, 4.69) is 15.5 Å². The van der Waals surface area contributed by atoms with Crippen molar-refractivity contribution in [2.45, 2.75) is 19.3 Å². The number of rotatable bonds is 5. The summed E-state index contributed by atoms with van der Waals surface area (Å²) in [5.41, 5.74) is 4.72. The second-order valence-electron chi connectivity index (χ2n) is 8.09. The summed E-state index contributed by atoms with van der Waals surface area (Å²) >= 11 is 1.32. The highest BCUT2D eigenvalue weighted by Gasteiger charge is 2.34. The Morgan fingerprint density at radius 1 is 0.970 bits per heavy atom. The van der Waals surface area contributed by atoms with E-state index < -0.39 is 0 Å². The molecule has 3 aromatic carbocycles. The van der Waals surface area contributed by atoms with E-state index in [-0.39, 0.29) is 17.7 Å². The Kier molecular flexibility index (Phi) is 5.71. The highest BCUT2D eigenvalue weighted by molar-refractivity contribution is 7.15. The zero-order valence-electron chi connectivity index (χ0n) is 18.1. The monoisotopic (exact) mass is 454 g/mol. The number of anilines is 2. The molecule has 2 heterocycles. The summed E-state index contributed by atoms with van der Waals surface area (Å²) in [5, 5.41) is 12.4. The maximum atomic E-state index is 12.7. The van der Waals surface area contributed by atoms with Crippen LogP contribution in [0.5, 0.6) is 0 Å². The molecule has 0 spiro atoms. The van der Waals surface area contributed by atoms with E-state index in [9.17, 15) is 9.59 Å². The molecule has 164 valence electrons. The van der Waals surface area contributed by atoms with Gasteiger partial charge in [0.15, 0.2) is 0 Å². The number of aromatic nitrogens is 2. The van der Waals surface area contributed by atoms with Gasteiger partial charge in [0.1, 0.15) is 5.01 Å². The number of benzene rings is 3. The van der Waals surface area contributed by atoms with Crippen molar-refractivity contribution in [2.75, 3.05) is 16.8 Å². The molecule has 0 bridgehead atoms. The molecule has 1 saturated heterocycles. The number of nitrogens with zero attached hydrogens (tertiary/aromatic N) is 3. The lowest BCUT2D eigenvalue weighted by Gasteiger charge is -2.16. The third-order valence-electron chi connectivity index (χ3n) is 5.70. The van der Waals surface area contributed by atoms with Crippen molar-refractivity contribution in [3.63, 3.8) is 0 Å². The van der Waals surface area contributed by atoms with Crippen LogP contribution in [-0.4, -0.2) is 28.6 Å². The van der Waals surface area contributed by atoms with E-state index in [1.54, 1.807) is 17.0 Å². The van der Waals surface area contributed by atoms with Gasteiger partial charge in [0.2, 0.25) is 11.0 Å². The fourth-order valence-electron chi connectivity index (χ4n) is 3.98. The standard InChI is InChI=1S/C26H22N4O2S/c1-17-6-5-9-22(14-17)30-16-21(15-23(30)31)25-28-29-26(33-25)27-24(32)20-12-10-19(11-13-20)18-7-3-2-4-8-18/h2-14,21H,15-16H2,1H3,(H,27,29,32). The molecule has 2 amide bonds. The summed E-state index contributed by atoms with van der Waals surface area (Å²) < 4.78 is 0. The highest BCUT2D eigenvalue weighted by Crippen LogP contribution is 2.34. The molecular formula is C26H22N4O2S. The number of aryl methyl sites for hydroxylation is 1. The lowest BCUT2D eigenvalue weighted by Crippen LogP contribution is -2.24. The Bertz CT molecular complexity index is 1300. The van der Waals surface area contributed by atoms with Gasteiger partial charge in [-0.3, -0.25) is 14.9 Å². The Balaban J connectivity index is 1.25. The van der Waals surface area contributed by atoms with Gasteiger partial charge in [-0.2, -0.15) is 0 Å². The van der Waals surface area contributed by atoms with Crippen LogP contribution in [0.1, 0.15) is 33.3 Å². The van der Waals surface area contributed by atoms with E-state index >= 15 is 0 Å². The maximum Gasteiger partial charge on any atom is 0.257 e. The number of carbonyl (C=O) groups excluding carboxylic acids is 2. The lowest BCUT2D eigenvalue weighted by atomic mass is 10.0. The molecule has 1 atom stereocenters. The summed E-state index contributed by atoms with van der Waals surface area (Å²) in [7, 11) is 0. The van der Waals surface area contributed by atoms with Gasteiger partial charge >= 0.3 is 0 Å². The zero-order chi connectivity index (χ0) is 22.8. The average molecular weight is 455 g/mol. The summed E-state index contributed by atoms with van der Waals surface area (Å²) in [6.45, 7) is 2.57. The van der Waals surface area contributed by atoms with Gasteiger partial charge in [0.05, 0.1) is 0 Å². The van der Waals surface area contributed by atoms with E-state index in [4.69, 9.17) is 0 Å². The Hall–Kier alpha value is -3.84. The van der Waals surface area contributed by atoms with Crippen LogP contribution in [0.15, 0.2) is 78.9 Å². The Labute approximate surface area is 195 Å². The maximum absolute atomic E-state index is 12.7. The molecule has 1 aliphatic heterocycles. The molecule has 33 heavy (non-hydrogen) atoms. The Morgan fingerprint density at radius 3 is 2.48 bits per heavy atom. The van der Waals surface area contributed by atoms with E-state index in [1.807, 2.05) is 73.7 Å². The van der Waals surface area contributed by atoms with Crippen molar-refractivity contribution >= 4 is 34.0 Å². The summed E-state index contributed by atoms with van der Waals surface area (Å²) in [4.78, 5) is 27.1. The molecule has 0 radical (unpaired) electrons. The first-order valence-electron chi connectivity index (χ1n) is 10.7. The molecule has 1 fully saturated rings. The van der Waals surface area contributed by atoms with Gasteiger partial charge in [0, 0.05) is 30.1 Å². The summed E-state index contributed by atoms with van der Waals surface area (Å²) in [5.74, 6) is -0.197. The quantitative estimate of drug-likeness (QED) is 0.445. The van der Waals surface area contributed by atoms with E-state index in [1.165, 1.54) is 11.3 Å². The van der Waals surface area contributed by atoms with Crippen molar-refractivity contribution in [3.05, 3.63) is 95.0 Å². The molecule has 6 nitrogen and oxygen atoms in total. The second-order valence-corrected chi connectivity index (χ2v) is 9.10. The topological polar surface area (TPSA) is 75.2 Å². The van der Waals surface area contributed by atoms with Crippen LogP contribution >= 0.6 is 11.3 Å². The molecular weight excluding hydrogens is 432 g/mol. The highest BCUT2D eigenvalue weighted by atomic mass is 32.1. The van der Waals surface area contributed by atoms with Gasteiger partial charge in [-0.25, -0.2) is 0 Å². The fourth-order valence-corrected chi connectivity index (χ4v) is 4.81. The molecule has 0 saturated carbocycles. The van der Waals surface area contributed by atoms with Crippen LogP contribution in [0, 0.1) is 6.92 Å². The molecule has 1 aliphatic rings. The average Bonchev–Trinajstić information content (AvgIpc) is 3.46. The smallest absolute Gasteiger partial charge is 0.257 e. The van der Waals surface area contributed by atoms with Gasteiger partial charge in [-0.15, -0.1) is 10.2 Å². The van der Waals surface area contributed by atoms with Gasteiger partial charge < -0.3 is 4.90 Å². The molecule has 1 unspecified atom stereocenters. The van der Waals surface area contributed by atoms with Gasteiger partial charge in [-0.1, -0.05) is 65.9 Å². The first-order valence-corrected chi connectivity index (χ1v) is 11.6. The molecule has 1 aromatic heterocycles. The van der Waals surface area contributed by atoms with Crippen LogP contribution < -0.4 is 10.2 Å². The summed E-state index contributed by atoms with van der Waals surface area (Å²) in [6, 6.07) is 25.4. The van der Waals surface area contributed by atoms with Gasteiger partial charge in [-0.05, 0) is 47.9 Å². The van der Waals surface area contributed by atoms with Gasteiger partial charge in [0.25, 0.3) is 5.91 Å². The molecule has 4 aromatic rings. The number of nitrogens with one attached hydrogen (secondary N) is 1. The number of hydrogen-bond acceptors (Lipinski definition) is 5. The number of amides is 2. The summed E-state index contributed by atoms with van der Waals surface area (Å²) in [6.07, 6.45) is 0.386. The SMILES string of the molecule is Cc1cccc(N2CC(c3nnc(NC(=O)c4ccc(-c5ccccc5)cc4)s3)CC2=O)c1. The molecule has 5 rings (SSSR count). The van der Waals surface area contributed by atoms with Crippen LogP contribution in [0.25, 0.3) is 11.1 Å². The predicted octanol–water partition coefficient (Wildman–Crippen LogP) is 5.29. The number of hydrogen-bond donors (Lipinski definition) is 1. The van der Waals surface area contributed by atoms with Crippen LogP contribution in [0.3, 0.4) is 0 Å². The predicted molar refractivity (Wildman–Crippen MR) is 131 cm³/mol. The first-order chi connectivity index (χ1) is 16.1. The normalized spacial score (nSPS) is 15.6. The zero-order valence-corrected chi connectivity index (χ0v) is 18.9. The van der Waals surface area contributed by atoms with E-state index in [0.29, 0.717) is 23.7 Å². The third-order valence-corrected chi connectivity index (χ3v) is 6.70. The number of carbonyl (C=O) groups is 2. The van der Waals surface area contributed by atoms with Crippen molar-refractivity contribution in [3.8, 4) is 11.1 Å². The molecule has 1 N–H and O–H groups in total. The largest absolute Gasteiger partial charge is 0.312 e. The second kappa shape index (κ2) is 8.96. The van der Waals surface area contributed by atoms with Crippen LogP contribution in [0.2, 0.25) is 0 Å². The lowest BCUT2D eigenvalue weighted by molar-refractivity contribution is -0.117. The van der Waals surface area contributed by atoms with E-state index in [0.717, 1.165) is 27.4 Å². The minimum Gasteiger partial charge on any atom is -0.312 e. The minimum atomic E-state index is -0.235. The van der Waals surface area contributed by atoms with Crippen LogP contribution in [0.4, 0.5) is 10.8 Å². The third kappa shape index (κ3) is 4.54. The first kappa shape index (κ1) is 21.0. The molecule has 7 heteroatoms. The van der Waals surface area contributed by atoms with Crippen LogP contribution in [-0.2, 0) is 4.79 Å². The fraction of sp³-hybridized carbons (Fsp3) is 0.154. The van der Waals surface area contributed by atoms with Crippen molar-refractivity contribution in [1.82, 2.24) is 10.2 Å². The van der Waals surface area contributed by atoms with Crippen molar-refractivity contribution in [2.24, 2.45) is 0 Å².